The molecular weight excluding hydrogens is 337 g/mol. The van der Waals surface area contributed by atoms with Gasteiger partial charge in [0.1, 0.15) is 0 Å². The highest BCUT2D eigenvalue weighted by molar-refractivity contribution is 6.42. The Morgan fingerprint density at radius 1 is 1.30 bits per heavy atom. The summed E-state index contributed by atoms with van der Waals surface area (Å²) in [6, 6.07) is 5.71. The number of amides is 1. The van der Waals surface area contributed by atoms with Crippen molar-refractivity contribution >= 4 is 35.1 Å². The second kappa shape index (κ2) is 6.33. The Morgan fingerprint density at radius 3 is 2.57 bits per heavy atom. The van der Waals surface area contributed by atoms with Crippen LogP contribution in [0.15, 0.2) is 18.2 Å². The minimum Gasteiger partial charge on any atom is -0.481 e. The first-order valence-corrected chi connectivity index (χ1v) is 8.62. The van der Waals surface area contributed by atoms with Crippen LogP contribution >= 0.6 is 23.2 Å². The van der Waals surface area contributed by atoms with E-state index in [1.54, 1.807) is 17.9 Å². The first kappa shape index (κ1) is 16.6. The number of carboxylic acid groups (broad SMARTS) is 1. The molecule has 2 saturated carbocycles. The second-order valence-corrected chi connectivity index (χ2v) is 7.40. The molecule has 3 atom stereocenters. The predicted octanol–water partition coefficient (Wildman–Crippen LogP) is 3.81. The van der Waals surface area contributed by atoms with Gasteiger partial charge in [-0.2, -0.15) is 0 Å². The minimum atomic E-state index is -0.861. The topological polar surface area (TPSA) is 57.6 Å². The summed E-state index contributed by atoms with van der Waals surface area (Å²) < 4.78 is 0. The highest BCUT2D eigenvalue weighted by Gasteiger charge is 2.48. The molecule has 1 N–H and O–H groups in total. The van der Waals surface area contributed by atoms with E-state index in [0.29, 0.717) is 16.6 Å². The SMILES string of the molecule is CC(CN(C(=O)C1CC1c1ccc(Cl)c(Cl)c1)C1CC1)C(=O)O. The molecule has 0 spiro atoms. The van der Waals surface area contributed by atoms with Gasteiger partial charge in [-0.3, -0.25) is 9.59 Å². The Morgan fingerprint density at radius 2 is 2.00 bits per heavy atom. The van der Waals surface area contributed by atoms with Gasteiger partial charge in [-0.1, -0.05) is 36.2 Å². The number of nitrogens with zero attached hydrogens (tertiary/aromatic N) is 1. The molecule has 1 amide bonds. The van der Waals surface area contributed by atoms with Crippen molar-refractivity contribution in [2.45, 2.75) is 38.1 Å². The normalized spacial score (nSPS) is 24.1. The summed E-state index contributed by atoms with van der Waals surface area (Å²) in [7, 11) is 0. The van der Waals surface area contributed by atoms with Crippen molar-refractivity contribution < 1.29 is 14.7 Å². The molecule has 0 aliphatic heterocycles. The quantitative estimate of drug-likeness (QED) is 0.843. The van der Waals surface area contributed by atoms with Gasteiger partial charge in [-0.05, 0) is 42.9 Å². The van der Waals surface area contributed by atoms with Gasteiger partial charge in [0.15, 0.2) is 0 Å². The lowest BCUT2D eigenvalue weighted by Crippen LogP contribution is -2.39. The number of benzene rings is 1. The van der Waals surface area contributed by atoms with Gasteiger partial charge in [0.05, 0.1) is 16.0 Å². The summed E-state index contributed by atoms with van der Waals surface area (Å²) in [6.45, 7) is 1.94. The summed E-state index contributed by atoms with van der Waals surface area (Å²) >= 11 is 12.0. The second-order valence-electron chi connectivity index (χ2n) is 6.58. The molecule has 3 unspecified atom stereocenters. The number of carbonyl (C=O) groups excluding carboxylic acids is 1. The molecule has 2 aliphatic rings. The van der Waals surface area contributed by atoms with Crippen LogP contribution in [0.2, 0.25) is 10.0 Å². The lowest BCUT2D eigenvalue weighted by Gasteiger charge is -2.24. The molecule has 1 aromatic rings. The maximum atomic E-state index is 12.8. The summed E-state index contributed by atoms with van der Waals surface area (Å²) in [5.74, 6) is -1.22. The van der Waals surface area contributed by atoms with E-state index in [4.69, 9.17) is 28.3 Å². The zero-order valence-electron chi connectivity index (χ0n) is 12.8. The number of halogens is 2. The van der Waals surface area contributed by atoms with Crippen molar-refractivity contribution in [3.8, 4) is 0 Å². The molecule has 23 heavy (non-hydrogen) atoms. The Hall–Kier alpha value is -1.26. The van der Waals surface area contributed by atoms with Crippen molar-refractivity contribution in [2.75, 3.05) is 6.54 Å². The Labute approximate surface area is 145 Å². The van der Waals surface area contributed by atoms with E-state index < -0.39 is 11.9 Å². The van der Waals surface area contributed by atoms with Crippen molar-refractivity contribution in [3.63, 3.8) is 0 Å². The molecule has 2 fully saturated rings. The first-order chi connectivity index (χ1) is 10.9. The lowest BCUT2D eigenvalue weighted by atomic mass is 10.1. The van der Waals surface area contributed by atoms with Crippen LogP contribution in [0.25, 0.3) is 0 Å². The lowest BCUT2D eigenvalue weighted by molar-refractivity contribution is -0.143. The maximum absolute atomic E-state index is 12.8. The molecule has 0 heterocycles. The monoisotopic (exact) mass is 355 g/mol. The van der Waals surface area contributed by atoms with E-state index in [1.807, 2.05) is 12.1 Å². The fourth-order valence-corrected chi connectivity index (χ4v) is 3.28. The van der Waals surface area contributed by atoms with Gasteiger partial charge < -0.3 is 10.0 Å². The molecule has 2 aliphatic carbocycles. The third-order valence-corrected chi connectivity index (χ3v) is 5.38. The molecule has 1 aromatic carbocycles. The van der Waals surface area contributed by atoms with Gasteiger partial charge in [0, 0.05) is 18.5 Å². The van der Waals surface area contributed by atoms with Crippen molar-refractivity contribution in [1.29, 1.82) is 0 Å². The number of rotatable bonds is 6. The van der Waals surface area contributed by atoms with Gasteiger partial charge in [-0.15, -0.1) is 0 Å². The van der Waals surface area contributed by atoms with Crippen molar-refractivity contribution in [1.82, 2.24) is 4.90 Å². The highest BCUT2D eigenvalue weighted by atomic mass is 35.5. The smallest absolute Gasteiger partial charge is 0.308 e. The highest BCUT2D eigenvalue weighted by Crippen LogP contribution is 2.50. The number of aliphatic carboxylic acids is 1. The summed E-state index contributed by atoms with van der Waals surface area (Å²) in [5, 5.41) is 10.1. The molecule has 4 nitrogen and oxygen atoms in total. The van der Waals surface area contributed by atoms with E-state index in [2.05, 4.69) is 0 Å². The zero-order valence-corrected chi connectivity index (χ0v) is 14.3. The van der Waals surface area contributed by atoms with E-state index in [1.165, 1.54) is 0 Å². The number of carboxylic acids is 1. The fraction of sp³-hybridized carbons (Fsp3) is 0.529. The first-order valence-electron chi connectivity index (χ1n) is 7.86. The Bertz CT molecular complexity index is 645. The van der Waals surface area contributed by atoms with E-state index >= 15 is 0 Å². The predicted molar refractivity (Wildman–Crippen MR) is 88.8 cm³/mol. The van der Waals surface area contributed by atoms with Gasteiger partial charge in [0.25, 0.3) is 0 Å². The number of hydrogen-bond donors (Lipinski definition) is 1. The molecule has 0 saturated heterocycles. The summed E-state index contributed by atoms with van der Waals surface area (Å²) in [6.07, 6.45) is 2.74. The number of carbonyl (C=O) groups is 2. The molecule has 0 aromatic heterocycles. The van der Waals surface area contributed by atoms with Gasteiger partial charge >= 0.3 is 5.97 Å². The zero-order chi connectivity index (χ0) is 16.7. The molecule has 0 bridgehead atoms. The Balaban J connectivity index is 1.67. The van der Waals surface area contributed by atoms with Crippen molar-refractivity contribution in [2.24, 2.45) is 11.8 Å². The fourth-order valence-electron chi connectivity index (χ4n) is 2.97. The largest absolute Gasteiger partial charge is 0.481 e. The van der Waals surface area contributed by atoms with Crippen LogP contribution in [0, 0.1) is 11.8 Å². The number of hydrogen-bond acceptors (Lipinski definition) is 2. The van der Waals surface area contributed by atoms with E-state index in [0.717, 1.165) is 24.8 Å². The standard InChI is InChI=1S/C17H19Cl2NO3/c1-9(17(22)23)8-20(11-3-4-11)16(21)13-7-12(13)10-2-5-14(18)15(19)6-10/h2,5-6,9,11-13H,3-4,7-8H2,1H3,(H,22,23). The maximum Gasteiger partial charge on any atom is 0.308 e. The van der Waals surface area contributed by atoms with E-state index in [9.17, 15) is 9.59 Å². The van der Waals surface area contributed by atoms with Crippen LogP contribution in [-0.4, -0.2) is 34.5 Å². The van der Waals surface area contributed by atoms with Crippen LogP contribution in [0.1, 0.15) is 37.7 Å². The van der Waals surface area contributed by atoms with Gasteiger partial charge in [-0.25, -0.2) is 0 Å². The van der Waals surface area contributed by atoms with Crippen LogP contribution in [0.4, 0.5) is 0 Å². The molecule has 6 heteroatoms. The van der Waals surface area contributed by atoms with Crippen LogP contribution in [0.3, 0.4) is 0 Å². The third kappa shape index (κ3) is 3.64. The van der Waals surface area contributed by atoms with E-state index in [-0.39, 0.29) is 23.8 Å². The minimum absolute atomic E-state index is 0.0613. The molecule has 124 valence electrons. The molecule has 0 radical (unpaired) electrons. The molecule has 3 rings (SSSR count). The third-order valence-electron chi connectivity index (χ3n) is 4.64. The van der Waals surface area contributed by atoms with Crippen LogP contribution < -0.4 is 0 Å². The average molecular weight is 356 g/mol. The van der Waals surface area contributed by atoms with Gasteiger partial charge in [0.2, 0.25) is 5.91 Å². The van der Waals surface area contributed by atoms with Crippen molar-refractivity contribution in [3.05, 3.63) is 33.8 Å². The van der Waals surface area contributed by atoms with Crippen LogP contribution in [-0.2, 0) is 9.59 Å². The average Bonchev–Trinajstić information content (AvgIpc) is 3.38. The molecular formula is C17H19Cl2NO3. The summed E-state index contributed by atoms with van der Waals surface area (Å²) in [5.41, 5.74) is 1.03. The summed E-state index contributed by atoms with van der Waals surface area (Å²) in [4.78, 5) is 25.6. The van der Waals surface area contributed by atoms with Crippen LogP contribution in [0.5, 0.6) is 0 Å². The Kier molecular flexibility index (Phi) is 4.56.